The van der Waals surface area contributed by atoms with Crippen LogP contribution in [0.2, 0.25) is 0 Å². The first kappa shape index (κ1) is 13.4. The van der Waals surface area contributed by atoms with Crippen molar-refractivity contribution in [3.8, 4) is 5.75 Å². The minimum absolute atomic E-state index is 0.189. The van der Waals surface area contributed by atoms with E-state index in [-0.39, 0.29) is 5.41 Å². The van der Waals surface area contributed by atoms with Crippen molar-refractivity contribution < 1.29 is 4.74 Å². The van der Waals surface area contributed by atoms with Crippen LogP contribution < -0.4 is 10.5 Å². The molecule has 1 aromatic rings. The lowest BCUT2D eigenvalue weighted by atomic mass is 9.74. The Morgan fingerprint density at radius 3 is 2.44 bits per heavy atom. The van der Waals surface area contributed by atoms with Crippen molar-refractivity contribution in [3.63, 3.8) is 0 Å². The lowest BCUT2D eigenvalue weighted by Gasteiger charge is -2.32. The molecule has 2 nitrogen and oxygen atoms in total. The summed E-state index contributed by atoms with van der Waals surface area (Å²) in [4.78, 5) is 0. The summed E-state index contributed by atoms with van der Waals surface area (Å²) in [6.07, 6.45) is 5.03. The van der Waals surface area contributed by atoms with Crippen molar-refractivity contribution >= 4 is 0 Å². The quantitative estimate of drug-likeness (QED) is 0.882. The second-order valence-corrected chi connectivity index (χ2v) is 5.77. The van der Waals surface area contributed by atoms with E-state index in [4.69, 9.17) is 10.5 Å². The molecule has 0 heterocycles. The van der Waals surface area contributed by atoms with Gasteiger partial charge in [0.1, 0.15) is 5.75 Å². The van der Waals surface area contributed by atoms with Gasteiger partial charge >= 0.3 is 0 Å². The third kappa shape index (κ3) is 2.14. The van der Waals surface area contributed by atoms with Gasteiger partial charge in [-0.1, -0.05) is 38.8 Å². The van der Waals surface area contributed by atoms with Crippen LogP contribution in [0, 0.1) is 0 Å². The molecule has 1 aliphatic carbocycles. The zero-order valence-electron chi connectivity index (χ0n) is 11.8. The average Bonchev–Trinajstić information content (AvgIpc) is 2.87. The number of methoxy groups -OCH3 is 1. The molecular formula is C16H25NO. The first-order valence-electron chi connectivity index (χ1n) is 7.02. The van der Waals surface area contributed by atoms with E-state index in [0.29, 0.717) is 5.92 Å². The van der Waals surface area contributed by atoms with Crippen LogP contribution >= 0.6 is 0 Å². The molecule has 0 unspecified atom stereocenters. The van der Waals surface area contributed by atoms with Crippen LogP contribution in [0.3, 0.4) is 0 Å². The Hall–Kier alpha value is -1.02. The predicted octanol–water partition coefficient (Wildman–Crippen LogP) is 3.59. The Bertz CT molecular complexity index is 406. The molecule has 0 aromatic heterocycles. The Balaban J connectivity index is 2.55. The van der Waals surface area contributed by atoms with Crippen molar-refractivity contribution in [2.75, 3.05) is 13.7 Å². The highest BCUT2D eigenvalue weighted by atomic mass is 16.5. The Morgan fingerprint density at radius 1 is 1.28 bits per heavy atom. The van der Waals surface area contributed by atoms with Crippen LogP contribution in [-0.2, 0) is 5.41 Å². The van der Waals surface area contributed by atoms with E-state index in [0.717, 1.165) is 12.3 Å². The topological polar surface area (TPSA) is 35.2 Å². The molecule has 1 fully saturated rings. The Labute approximate surface area is 111 Å². The van der Waals surface area contributed by atoms with Gasteiger partial charge in [0.15, 0.2) is 0 Å². The van der Waals surface area contributed by atoms with Crippen molar-refractivity contribution in [3.05, 3.63) is 29.3 Å². The van der Waals surface area contributed by atoms with Gasteiger partial charge in [-0.05, 0) is 30.4 Å². The van der Waals surface area contributed by atoms with Crippen LogP contribution in [0.4, 0.5) is 0 Å². The molecule has 1 aliphatic rings. The van der Waals surface area contributed by atoms with Gasteiger partial charge < -0.3 is 10.5 Å². The summed E-state index contributed by atoms with van der Waals surface area (Å²) >= 11 is 0. The standard InChI is InChI=1S/C16H25NO/c1-12(2)15-13(7-6-8-14(15)18-3)16(11-17)9-4-5-10-16/h6-8,12H,4-5,9-11,17H2,1-3H3. The van der Waals surface area contributed by atoms with E-state index in [1.165, 1.54) is 36.8 Å². The van der Waals surface area contributed by atoms with E-state index in [2.05, 4.69) is 32.0 Å². The Morgan fingerprint density at radius 2 is 1.94 bits per heavy atom. The molecule has 2 rings (SSSR count). The summed E-state index contributed by atoms with van der Waals surface area (Å²) < 4.78 is 5.56. The summed E-state index contributed by atoms with van der Waals surface area (Å²) in [5.41, 5.74) is 9.09. The highest BCUT2D eigenvalue weighted by Gasteiger charge is 2.37. The molecule has 2 N–H and O–H groups in total. The average molecular weight is 247 g/mol. The first-order valence-corrected chi connectivity index (χ1v) is 7.02. The molecule has 0 amide bonds. The third-order valence-electron chi connectivity index (χ3n) is 4.39. The van der Waals surface area contributed by atoms with Crippen molar-refractivity contribution in [2.45, 2.75) is 50.9 Å². The van der Waals surface area contributed by atoms with Gasteiger partial charge in [-0.15, -0.1) is 0 Å². The summed E-state index contributed by atoms with van der Waals surface area (Å²) in [6.45, 7) is 5.22. The third-order valence-corrected chi connectivity index (χ3v) is 4.39. The zero-order valence-corrected chi connectivity index (χ0v) is 11.8. The highest BCUT2D eigenvalue weighted by Crippen LogP contribution is 2.45. The van der Waals surface area contributed by atoms with E-state index < -0.39 is 0 Å². The molecule has 0 atom stereocenters. The Kier molecular flexibility index (Phi) is 3.96. The number of hydrogen-bond donors (Lipinski definition) is 1. The molecule has 1 aromatic carbocycles. The number of hydrogen-bond acceptors (Lipinski definition) is 2. The van der Waals surface area contributed by atoms with Gasteiger partial charge in [0.25, 0.3) is 0 Å². The molecule has 0 saturated heterocycles. The number of benzene rings is 1. The second-order valence-electron chi connectivity index (χ2n) is 5.77. The van der Waals surface area contributed by atoms with Crippen LogP contribution in [0.5, 0.6) is 5.75 Å². The fraction of sp³-hybridized carbons (Fsp3) is 0.625. The monoisotopic (exact) mass is 247 g/mol. The summed E-state index contributed by atoms with van der Waals surface area (Å²) in [5.74, 6) is 1.49. The number of nitrogens with two attached hydrogens (primary N) is 1. The van der Waals surface area contributed by atoms with Gasteiger partial charge in [0.2, 0.25) is 0 Å². The SMILES string of the molecule is COc1cccc(C2(CN)CCCC2)c1C(C)C. The number of ether oxygens (including phenoxy) is 1. The molecular weight excluding hydrogens is 222 g/mol. The molecule has 18 heavy (non-hydrogen) atoms. The maximum atomic E-state index is 6.12. The fourth-order valence-corrected chi connectivity index (χ4v) is 3.42. The maximum absolute atomic E-state index is 6.12. The van der Waals surface area contributed by atoms with Gasteiger partial charge in [-0.2, -0.15) is 0 Å². The lowest BCUT2D eigenvalue weighted by Crippen LogP contribution is -2.33. The molecule has 2 heteroatoms. The summed E-state index contributed by atoms with van der Waals surface area (Å²) in [7, 11) is 1.76. The van der Waals surface area contributed by atoms with E-state index >= 15 is 0 Å². The minimum atomic E-state index is 0.189. The first-order chi connectivity index (χ1) is 8.64. The molecule has 0 aliphatic heterocycles. The van der Waals surface area contributed by atoms with Gasteiger partial charge in [-0.3, -0.25) is 0 Å². The van der Waals surface area contributed by atoms with Crippen LogP contribution in [0.25, 0.3) is 0 Å². The lowest BCUT2D eigenvalue weighted by molar-refractivity contribution is 0.397. The van der Waals surface area contributed by atoms with Crippen molar-refractivity contribution in [1.29, 1.82) is 0 Å². The van der Waals surface area contributed by atoms with Crippen LogP contribution in [-0.4, -0.2) is 13.7 Å². The largest absolute Gasteiger partial charge is 0.496 e. The predicted molar refractivity (Wildman–Crippen MR) is 76.3 cm³/mol. The van der Waals surface area contributed by atoms with Gasteiger partial charge in [-0.25, -0.2) is 0 Å². The van der Waals surface area contributed by atoms with Crippen molar-refractivity contribution in [1.82, 2.24) is 0 Å². The van der Waals surface area contributed by atoms with Gasteiger partial charge in [0.05, 0.1) is 7.11 Å². The second kappa shape index (κ2) is 5.31. The molecule has 0 spiro atoms. The van der Waals surface area contributed by atoms with E-state index in [1.54, 1.807) is 7.11 Å². The zero-order chi connectivity index (χ0) is 13.2. The van der Waals surface area contributed by atoms with Crippen LogP contribution in [0.1, 0.15) is 56.6 Å². The van der Waals surface area contributed by atoms with Crippen molar-refractivity contribution in [2.24, 2.45) is 5.73 Å². The summed E-state index contributed by atoms with van der Waals surface area (Å²) in [6, 6.07) is 6.43. The van der Waals surface area contributed by atoms with Crippen LogP contribution in [0.15, 0.2) is 18.2 Å². The van der Waals surface area contributed by atoms with E-state index in [1.807, 2.05) is 0 Å². The highest BCUT2D eigenvalue weighted by molar-refractivity contribution is 5.47. The minimum Gasteiger partial charge on any atom is -0.496 e. The smallest absolute Gasteiger partial charge is 0.122 e. The number of rotatable bonds is 4. The normalized spacial score (nSPS) is 18.3. The molecule has 100 valence electrons. The fourth-order valence-electron chi connectivity index (χ4n) is 3.42. The molecule has 1 saturated carbocycles. The van der Waals surface area contributed by atoms with Gasteiger partial charge in [0, 0.05) is 17.5 Å². The van der Waals surface area contributed by atoms with E-state index in [9.17, 15) is 0 Å². The molecule has 0 bridgehead atoms. The molecule has 0 radical (unpaired) electrons. The summed E-state index contributed by atoms with van der Waals surface area (Å²) in [5, 5.41) is 0. The maximum Gasteiger partial charge on any atom is 0.122 e.